The van der Waals surface area contributed by atoms with Crippen LogP contribution in [0, 0.1) is 5.92 Å². The van der Waals surface area contributed by atoms with Crippen LogP contribution in [0.25, 0.3) is 0 Å². The molecule has 1 aliphatic heterocycles. The fourth-order valence-electron chi connectivity index (χ4n) is 3.25. The number of hydrogen-bond donors (Lipinski definition) is 0. The Bertz CT molecular complexity index is 616. The van der Waals surface area contributed by atoms with E-state index in [4.69, 9.17) is 4.74 Å². The second-order valence-electron chi connectivity index (χ2n) is 7.97. The SMILES string of the molecule is CSc1ccccc1CCC(=O)CC1CCN(C(=O)OC(C)(C)C)CC1. The predicted octanol–water partition coefficient (Wildman–Crippen LogP) is 4.95. The molecule has 1 aromatic carbocycles. The molecule has 4 nitrogen and oxygen atoms in total. The molecule has 0 aromatic heterocycles. The number of carbonyl (C=O) groups is 2. The van der Waals surface area contributed by atoms with E-state index in [-0.39, 0.29) is 6.09 Å². The number of likely N-dealkylation sites (tertiary alicyclic amines) is 1. The number of rotatable bonds is 6. The Labute approximate surface area is 161 Å². The first-order chi connectivity index (χ1) is 12.3. The molecule has 0 atom stereocenters. The Morgan fingerprint density at radius 3 is 2.46 bits per heavy atom. The largest absolute Gasteiger partial charge is 0.444 e. The van der Waals surface area contributed by atoms with Crippen molar-refractivity contribution in [1.82, 2.24) is 4.90 Å². The summed E-state index contributed by atoms with van der Waals surface area (Å²) in [5, 5.41) is 0. The maximum absolute atomic E-state index is 12.4. The fraction of sp³-hybridized carbons (Fsp3) is 0.619. The van der Waals surface area contributed by atoms with E-state index in [1.54, 1.807) is 16.7 Å². The number of aryl methyl sites for hydroxylation is 1. The number of piperidine rings is 1. The van der Waals surface area contributed by atoms with Crippen LogP contribution in [0.4, 0.5) is 4.79 Å². The van der Waals surface area contributed by atoms with E-state index in [9.17, 15) is 9.59 Å². The quantitative estimate of drug-likeness (QED) is 0.658. The van der Waals surface area contributed by atoms with Crippen molar-refractivity contribution in [2.24, 2.45) is 5.92 Å². The Kier molecular flexibility index (Phi) is 7.56. The third-order valence-corrected chi connectivity index (χ3v) is 5.49. The molecule has 0 aliphatic carbocycles. The van der Waals surface area contributed by atoms with Crippen LogP contribution < -0.4 is 0 Å². The third-order valence-electron chi connectivity index (χ3n) is 4.65. The van der Waals surface area contributed by atoms with Crippen LogP contribution in [0.15, 0.2) is 29.2 Å². The van der Waals surface area contributed by atoms with Crippen LogP contribution in [0.2, 0.25) is 0 Å². The minimum absolute atomic E-state index is 0.240. The monoisotopic (exact) mass is 377 g/mol. The van der Waals surface area contributed by atoms with Gasteiger partial charge in [-0.1, -0.05) is 18.2 Å². The van der Waals surface area contributed by atoms with Gasteiger partial charge in [-0.05, 0) is 63.8 Å². The highest BCUT2D eigenvalue weighted by Crippen LogP contribution is 2.25. The Morgan fingerprint density at radius 2 is 1.85 bits per heavy atom. The van der Waals surface area contributed by atoms with Crippen LogP contribution in [0.3, 0.4) is 0 Å². The highest BCUT2D eigenvalue weighted by molar-refractivity contribution is 7.98. The van der Waals surface area contributed by atoms with Crippen LogP contribution >= 0.6 is 11.8 Å². The molecule has 1 saturated heterocycles. The minimum Gasteiger partial charge on any atom is -0.444 e. The zero-order valence-corrected chi connectivity index (χ0v) is 17.2. The average molecular weight is 378 g/mol. The highest BCUT2D eigenvalue weighted by Gasteiger charge is 2.27. The summed E-state index contributed by atoms with van der Waals surface area (Å²) in [7, 11) is 0. The first-order valence-corrected chi connectivity index (χ1v) is 10.6. The number of nitrogens with zero attached hydrogens (tertiary/aromatic N) is 1. The second-order valence-corrected chi connectivity index (χ2v) is 8.81. The van der Waals surface area contributed by atoms with Gasteiger partial charge >= 0.3 is 6.09 Å². The lowest BCUT2D eigenvalue weighted by atomic mass is 9.90. The van der Waals surface area contributed by atoms with Gasteiger partial charge in [0.15, 0.2) is 0 Å². The van der Waals surface area contributed by atoms with Crippen molar-refractivity contribution in [1.29, 1.82) is 0 Å². The van der Waals surface area contributed by atoms with Gasteiger partial charge in [-0.2, -0.15) is 0 Å². The van der Waals surface area contributed by atoms with Crippen LogP contribution in [-0.4, -0.2) is 41.7 Å². The van der Waals surface area contributed by atoms with E-state index in [0.717, 1.165) is 19.3 Å². The first kappa shape index (κ1) is 20.8. The topological polar surface area (TPSA) is 46.6 Å². The van der Waals surface area contributed by atoms with Gasteiger partial charge in [0.25, 0.3) is 0 Å². The maximum atomic E-state index is 12.4. The van der Waals surface area contributed by atoms with Crippen LogP contribution in [0.1, 0.15) is 52.0 Å². The molecule has 1 fully saturated rings. The zero-order valence-electron chi connectivity index (χ0n) is 16.4. The maximum Gasteiger partial charge on any atom is 0.410 e. The molecule has 5 heteroatoms. The number of ether oxygens (including phenoxy) is 1. The van der Waals surface area contributed by atoms with E-state index in [2.05, 4.69) is 18.4 Å². The predicted molar refractivity (Wildman–Crippen MR) is 107 cm³/mol. The Morgan fingerprint density at radius 1 is 1.19 bits per heavy atom. The van der Waals surface area contributed by atoms with Crippen molar-refractivity contribution in [2.45, 2.75) is 63.4 Å². The molecule has 1 amide bonds. The van der Waals surface area contributed by atoms with Gasteiger partial charge in [0.1, 0.15) is 11.4 Å². The first-order valence-electron chi connectivity index (χ1n) is 9.40. The van der Waals surface area contributed by atoms with Gasteiger partial charge in [0, 0.05) is 30.8 Å². The van der Waals surface area contributed by atoms with Gasteiger partial charge in [-0.15, -0.1) is 11.8 Å². The number of Topliss-reactive ketones (excluding diaryl/α,β-unsaturated/α-hetero) is 1. The second kappa shape index (κ2) is 9.45. The van der Waals surface area contributed by atoms with Crippen molar-refractivity contribution < 1.29 is 14.3 Å². The summed E-state index contributed by atoms with van der Waals surface area (Å²) < 4.78 is 5.42. The summed E-state index contributed by atoms with van der Waals surface area (Å²) in [4.78, 5) is 27.5. The number of thioether (sulfide) groups is 1. The normalized spacial score (nSPS) is 15.8. The smallest absolute Gasteiger partial charge is 0.410 e. The van der Waals surface area contributed by atoms with E-state index < -0.39 is 5.60 Å². The molecule has 144 valence electrons. The van der Waals surface area contributed by atoms with E-state index in [0.29, 0.717) is 37.6 Å². The molecule has 0 spiro atoms. The summed E-state index contributed by atoms with van der Waals surface area (Å²) in [5.41, 5.74) is 0.796. The molecule has 0 radical (unpaired) electrons. The molecule has 1 aliphatic rings. The molecule has 0 unspecified atom stereocenters. The number of benzene rings is 1. The molecule has 1 aromatic rings. The molecule has 0 saturated carbocycles. The lowest BCUT2D eigenvalue weighted by molar-refractivity contribution is -0.120. The fourth-order valence-corrected chi connectivity index (χ4v) is 3.90. The standard InChI is InChI=1S/C21H31NO3S/c1-21(2,3)25-20(24)22-13-11-16(12-14-22)15-18(23)10-9-17-7-5-6-8-19(17)26-4/h5-8,16H,9-15H2,1-4H3. The molecule has 1 heterocycles. The molecule has 0 bridgehead atoms. The van der Waals surface area contributed by atoms with Crippen molar-refractivity contribution in [3.63, 3.8) is 0 Å². The minimum atomic E-state index is -0.461. The van der Waals surface area contributed by atoms with E-state index in [1.807, 2.05) is 32.9 Å². The number of amides is 1. The number of ketones is 1. The van der Waals surface area contributed by atoms with Crippen molar-refractivity contribution in [3.05, 3.63) is 29.8 Å². The molecule has 2 rings (SSSR count). The zero-order chi connectivity index (χ0) is 19.2. The third kappa shape index (κ3) is 6.67. The van der Waals surface area contributed by atoms with E-state index in [1.165, 1.54) is 10.5 Å². The van der Waals surface area contributed by atoms with Crippen molar-refractivity contribution in [2.75, 3.05) is 19.3 Å². The molecular weight excluding hydrogens is 346 g/mol. The lowest BCUT2D eigenvalue weighted by Crippen LogP contribution is -2.42. The molecular formula is C21H31NO3S. The Balaban J connectivity index is 1.73. The van der Waals surface area contributed by atoms with Gasteiger partial charge in [-0.25, -0.2) is 4.79 Å². The Hall–Kier alpha value is -1.49. The summed E-state index contributed by atoms with van der Waals surface area (Å²) >= 11 is 1.73. The summed E-state index contributed by atoms with van der Waals surface area (Å²) in [6.07, 6.45) is 5.63. The van der Waals surface area contributed by atoms with Gasteiger partial charge in [0.05, 0.1) is 0 Å². The van der Waals surface area contributed by atoms with Crippen LogP contribution in [0.5, 0.6) is 0 Å². The van der Waals surface area contributed by atoms with Gasteiger partial charge in [-0.3, -0.25) is 4.79 Å². The number of hydrogen-bond acceptors (Lipinski definition) is 4. The summed E-state index contributed by atoms with van der Waals surface area (Å²) in [5.74, 6) is 0.716. The average Bonchev–Trinajstić information content (AvgIpc) is 2.59. The van der Waals surface area contributed by atoms with Gasteiger partial charge < -0.3 is 9.64 Å². The van der Waals surface area contributed by atoms with Crippen LogP contribution in [-0.2, 0) is 16.0 Å². The highest BCUT2D eigenvalue weighted by atomic mass is 32.2. The van der Waals surface area contributed by atoms with Crippen molar-refractivity contribution in [3.8, 4) is 0 Å². The summed E-state index contributed by atoms with van der Waals surface area (Å²) in [6, 6.07) is 8.29. The van der Waals surface area contributed by atoms with E-state index >= 15 is 0 Å². The molecule has 26 heavy (non-hydrogen) atoms. The summed E-state index contributed by atoms with van der Waals surface area (Å²) in [6.45, 7) is 7.01. The lowest BCUT2D eigenvalue weighted by Gasteiger charge is -2.33. The molecule has 0 N–H and O–H groups in total. The number of carbonyl (C=O) groups excluding carboxylic acids is 2. The van der Waals surface area contributed by atoms with Gasteiger partial charge in [0.2, 0.25) is 0 Å². The van der Waals surface area contributed by atoms with Crippen molar-refractivity contribution >= 4 is 23.6 Å².